The maximum atomic E-state index is 2.46. The van der Waals surface area contributed by atoms with Crippen LogP contribution in [0.2, 0.25) is 0 Å². The summed E-state index contributed by atoms with van der Waals surface area (Å²) < 4.78 is 4.88. The van der Waals surface area contributed by atoms with Gasteiger partial charge >= 0.3 is 0 Å². The topological polar surface area (TPSA) is 9.86 Å². The Morgan fingerprint density at radius 2 is 0.912 bits per heavy atom. The third-order valence-corrected chi connectivity index (χ3v) is 12.7. The maximum Gasteiger partial charge on any atom is 0.0547 e. The Kier molecular flexibility index (Phi) is 7.20. The average Bonchev–Trinajstić information content (AvgIpc) is 3.83. The average molecular weight is 733 g/mol. The van der Waals surface area contributed by atoms with E-state index in [1.807, 2.05) is 0 Å². The van der Waals surface area contributed by atoms with Crippen LogP contribution in [0.4, 0.5) is 0 Å². The molecule has 0 amide bonds. The fourth-order valence-electron chi connectivity index (χ4n) is 9.66. The third-order valence-electron chi connectivity index (χ3n) is 12.7. The van der Waals surface area contributed by atoms with Crippen molar-refractivity contribution in [1.29, 1.82) is 0 Å². The van der Waals surface area contributed by atoms with Crippen molar-refractivity contribution in [2.24, 2.45) is 0 Å². The summed E-state index contributed by atoms with van der Waals surface area (Å²) in [4.78, 5) is 0. The Morgan fingerprint density at radius 1 is 0.368 bits per heavy atom. The number of nitrogens with zero attached hydrogens (tertiary/aromatic N) is 2. The molecule has 2 heteroatoms. The third kappa shape index (κ3) is 5.10. The van der Waals surface area contributed by atoms with Crippen molar-refractivity contribution in [3.8, 4) is 44.8 Å². The van der Waals surface area contributed by atoms with E-state index >= 15 is 0 Å². The number of hydrogen-bond donors (Lipinski definition) is 0. The maximum absolute atomic E-state index is 2.46. The molecule has 0 spiro atoms. The van der Waals surface area contributed by atoms with Gasteiger partial charge in [0.05, 0.1) is 22.1 Å². The van der Waals surface area contributed by atoms with Gasteiger partial charge in [-0.25, -0.2) is 0 Å². The SMILES string of the molecule is CC(C)(C)c1ccc(-c2ccc3c4cc(-c5ccc6c(c5)c5ccccc5n6-c5ccc6c(c5)C(C)(C)c5ccccc5-6)ccc4n(-c4ccccc4)c3c2)cc1. The standard InChI is InChI=1S/C55H44N2/c1-54(2,3)39-24-19-35(20-25-39)38-21-27-45-47-32-37(22-29-51(47)56(53(45)33-38)40-13-7-6-8-14-40)36-23-30-52-46(31-36)44-16-10-12-18-50(44)57(52)41-26-28-43-42-15-9-11-17-48(42)55(4,5)49(43)34-41/h6-34H,1-5H3. The molecule has 2 heterocycles. The van der Waals surface area contributed by atoms with E-state index in [-0.39, 0.29) is 10.8 Å². The lowest BCUT2D eigenvalue weighted by Gasteiger charge is -2.22. The second-order valence-electron chi connectivity index (χ2n) is 17.4. The molecule has 1 aliphatic rings. The summed E-state index contributed by atoms with van der Waals surface area (Å²) in [6, 6.07) is 65.7. The first-order chi connectivity index (χ1) is 27.6. The first kappa shape index (κ1) is 33.7. The molecule has 11 rings (SSSR count). The van der Waals surface area contributed by atoms with Gasteiger partial charge in [-0.15, -0.1) is 0 Å². The van der Waals surface area contributed by atoms with Gasteiger partial charge in [-0.3, -0.25) is 0 Å². The van der Waals surface area contributed by atoms with Crippen LogP contribution in [0, 0.1) is 0 Å². The van der Waals surface area contributed by atoms with Crippen LogP contribution in [0.3, 0.4) is 0 Å². The normalized spacial score (nSPS) is 13.5. The highest BCUT2D eigenvalue weighted by molar-refractivity contribution is 6.13. The molecule has 0 bridgehead atoms. The van der Waals surface area contributed by atoms with E-state index in [1.54, 1.807) is 0 Å². The monoisotopic (exact) mass is 732 g/mol. The van der Waals surface area contributed by atoms with Gasteiger partial charge in [0.2, 0.25) is 0 Å². The molecule has 0 N–H and O–H groups in total. The molecule has 1 aliphatic carbocycles. The van der Waals surface area contributed by atoms with Crippen LogP contribution in [-0.2, 0) is 10.8 Å². The highest BCUT2D eigenvalue weighted by atomic mass is 15.0. The Balaban J connectivity index is 1.05. The highest BCUT2D eigenvalue weighted by Crippen LogP contribution is 2.49. The Labute approximate surface area is 334 Å². The number of benzene rings is 8. The quantitative estimate of drug-likeness (QED) is 0.170. The lowest BCUT2D eigenvalue weighted by molar-refractivity contribution is 0.590. The first-order valence-corrected chi connectivity index (χ1v) is 20.2. The van der Waals surface area contributed by atoms with Crippen molar-refractivity contribution in [3.63, 3.8) is 0 Å². The number of hydrogen-bond acceptors (Lipinski definition) is 0. The molecule has 0 aliphatic heterocycles. The lowest BCUT2D eigenvalue weighted by Crippen LogP contribution is -2.15. The summed E-state index contributed by atoms with van der Waals surface area (Å²) in [7, 11) is 0. The van der Waals surface area contributed by atoms with E-state index in [4.69, 9.17) is 0 Å². The Morgan fingerprint density at radius 3 is 1.63 bits per heavy atom. The molecular formula is C55H44N2. The summed E-state index contributed by atoms with van der Waals surface area (Å²) in [6.45, 7) is 11.5. The highest BCUT2D eigenvalue weighted by Gasteiger charge is 2.35. The fraction of sp³-hybridized carbons (Fsp3) is 0.127. The minimum absolute atomic E-state index is 0.0601. The number of para-hydroxylation sites is 2. The van der Waals surface area contributed by atoms with Crippen LogP contribution in [-0.4, -0.2) is 9.13 Å². The van der Waals surface area contributed by atoms with Crippen molar-refractivity contribution in [2.75, 3.05) is 0 Å². The fourth-order valence-corrected chi connectivity index (χ4v) is 9.66. The summed E-state index contributed by atoms with van der Waals surface area (Å²) in [5.74, 6) is 0. The van der Waals surface area contributed by atoms with Gasteiger partial charge in [0.1, 0.15) is 0 Å². The van der Waals surface area contributed by atoms with Crippen molar-refractivity contribution in [2.45, 2.75) is 45.4 Å². The second kappa shape index (κ2) is 12.2. The van der Waals surface area contributed by atoms with Gasteiger partial charge in [0, 0.05) is 38.3 Å². The zero-order valence-corrected chi connectivity index (χ0v) is 33.1. The van der Waals surface area contributed by atoms with E-state index in [0.717, 1.165) is 0 Å². The predicted octanol–water partition coefficient (Wildman–Crippen LogP) is 14.8. The van der Waals surface area contributed by atoms with Gasteiger partial charge in [-0.1, -0.05) is 150 Å². The van der Waals surface area contributed by atoms with Crippen LogP contribution in [0.5, 0.6) is 0 Å². The molecule has 2 nitrogen and oxygen atoms in total. The molecule has 2 aromatic heterocycles. The lowest BCUT2D eigenvalue weighted by atomic mass is 9.82. The second-order valence-corrected chi connectivity index (χ2v) is 17.4. The van der Waals surface area contributed by atoms with Gasteiger partial charge in [-0.2, -0.15) is 0 Å². The molecule has 8 aromatic carbocycles. The van der Waals surface area contributed by atoms with Crippen molar-refractivity contribution in [1.82, 2.24) is 9.13 Å². The first-order valence-electron chi connectivity index (χ1n) is 20.2. The van der Waals surface area contributed by atoms with Crippen LogP contribution < -0.4 is 0 Å². The molecule has 10 aromatic rings. The minimum atomic E-state index is -0.0601. The van der Waals surface area contributed by atoms with Crippen molar-refractivity contribution >= 4 is 43.6 Å². The smallest absolute Gasteiger partial charge is 0.0547 e. The summed E-state index contributed by atoms with van der Waals surface area (Å²) in [6.07, 6.45) is 0. The Bertz CT molecular complexity index is 3220. The zero-order chi connectivity index (χ0) is 38.6. The van der Waals surface area contributed by atoms with E-state index < -0.39 is 0 Å². The molecular weight excluding hydrogens is 689 g/mol. The van der Waals surface area contributed by atoms with E-state index in [1.165, 1.54) is 105 Å². The molecule has 0 saturated heterocycles. The molecule has 0 unspecified atom stereocenters. The van der Waals surface area contributed by atoms with Crippen molar-refractivity contribution in [3.05, 3.63) is 193 Å². The zero-order valence-electron chi connectivity index (χ0n) is 33.1. The van der Waals surface area contributed by atoms with Gasteiger partial charge in [0.15, 0.2) is 0 Å². The molecule has 274 valence electrons. The molecule has 0 saturated carbocycles. The predicted molar refractivity (Wildman–Crippen MR) is 242 cm³/mol. The van der Waals surface area contributed by atoms with Gasteiger partial charge < -0.3 is 9.13 Å². The van der Waals surface area contributed by atoms with E-state index in [9.17, 15) is 0 Å². The number of fused-ring (bicyclic) bond motifs is 9. The van der Waals surface area contributed by atoms with Crippen LogP contribution >= 0.6 is 0 Å². The Hall–Kier alpha value is -6.64. The van der Waals surface area contributed by atoms with Crippen LogP contribution in [0.1, 0.15) is 51.3 Å². The molecule has 57 heavy (non-hydrogen) atoms. The van der Waals surface area contributed by atoms with E-state index in [2.05, 4.69) is 220 Å². The minimum Gasteiger partial charge on any atom is -0.309 e. The largest absolute Gasteiger partial charge is 0.309 e. The van der Waals surface area contributed by atoms with Crippen LogP contribution in [0.15, 0.2) is 176 Å². The summed E-state index contributed by atoms with van der Waals surface area (Å²) in [5, 5.41) is 5.04. The van der Waals surface area contributed by atoms with Gasteiger partial charge in [0.25, 0.3) is 0 Å². The van der Waals surface area contributed by atoms with E-state index in [0.29, 0.717) is 0 Å². The van der Waals surface area contributed by atoms with Crippen LogP contribution in [0.25, 0.3) is 88.4 Å². The number of aromatic nitrogens is 2. The molecule has 0 atom stereocenters. The van der Waals surface area contributed by atoms with Crippen molar-refractivity contribution < 1.29 is 0 Å². The molecule has 0 radical (unpaired) electrons. The summed E-state index contributed by atoms with van der Waals surface area (Å²) >= 11 is 0. The summed E-state index contributed by atoms with van der Waals surface area (Å²) in [5.41, 5.74) is 19.0. The molecule has 0 fully saturated rings. The van der Waals surface area contributed by atoms with Gasteiger partial charge in [-0.05, 0) is 116 Å². The number of rotatable bonds is 4.